The van der Waals surface area contributed by atoms with Crippen LogP contribution in [0.2, 0.25) is 0 Å². The normalized spacial score (nSPS) is 15.5. The van der Waals surface area contributed by atoms with Crippen molar-refractivity contribution < 1.29 is 19.2 Å². The molecule has 6 nitrogen and oxygen atoms in total. The van der Waals surface area contributed by atoms with Crippen LogP contribution in [-0.4, -0.2) is 23.6 Å². The maximum absolute atomic E-state index is 12.5. The van der Waals surface area contributed by atoms with Crippen LogP contribution in [0.25, 0.3) is 0 Å². The van der Waals surface area contributed by atoms with Gasteiger partial charge >= 0.3 is 0 Å². The van der Waals surface area contributed by atoms with Crippen LogP contribution in [0.3, 0.4) is 0 Å². The summed E-state index contributed by atoms with van der Waals surface area (Å²) in [6, 6.07) is 18.7. The molecule has 0 unspecified atom stereocenters. The number of hydrogen-bond donors (Lipinski definition) is 0. The maximum Gasteiger partial charge on any atom is 0.258 e. The van der Waals surface area contributed by atoms with Gasteiger partial charge in [0.2, 0.25) is 0 Å². The van der Waals surface area contributed by atoms with Crippen LogP contribution in [-0.2, 0) is 36.4 Å². The molecule has 214 valence electrons. The van der Waals surface area contributed by atoms with Gasteiger partial charge in [-0.3, -0.25) is 19.2 Å². The van der Waals surface area contributed by atoms with E-state index in [0.717, 1.165) is 38.9 Å². The van der Waals surface area contributed by atoms with Gasteiger partial charge in [0.15, 0.2) is 0 Å². The predicted octanol–water partition coefficient (Wildman–Crippen LogP) is 6.38. The van der Waals surface area contributed by atoms with Crippen molar-refractivity contribution >= 4 is 35.0 Å². The van der Waals surface area contributed by atoms with E-state index < -0.39 is 0 Å². The third-order valence-corrected chi connectivity index (χ3v) is 8.79. The summed E-state index contributed by atoms with van der Waals surface area (Å²) < 4.78 is 0. The van der Waals surface area contributed by atoms with E-state index >= 15 is 0 Å². The SMILES string of the molecule is CCc1cc(C(C)(C)c2cccc(C(C)(C)c3ccc(N4C(=O)C=CC4=O)c(C)c3)c2)cc(C)c1N1C(=O)C=CC1=O. The van der Waals surface area contributed by atoms with Gasteiger partial charge in [-0.25, -0.2) is 9.80 Å². The number of anilines is 2. The first-order chi connectivity index (χ1) is 19.8. The van der Waals surface area contributed by atoms with Crippen molar-refractivity contribution in [3.05, 3.63) is 118 Å². The highest BCUT2D eigenvalue weighted by Crippen LogP contribution is 2.40. The van der Waals surface area contributed by atoms with Crippen LogP contribution < -0.4 is 9.80 Å². The number of amides is 4. The fraction of sp³-hybridized carbons (Fsp3) is 0.278. The van der Waals surface area contributed by atoms with Gasteiger partial charge in [0.05, 0.1) is 11.4 Å². The molecule has 0 aromatic heterocycles. The molecule has 3 aromatic rings. The van der Waals surface area contributed by atoms with Crippen molar-refractivity contribution in [2.45, 2.75) is 65.7 Å². The largest absolute Gasteiger partial charge is 0.269 e. The molecule has 0 fully saturated rings. The van der Waals surface area contributed by atoms with E-state index in [9.17, 15) is 19.2 Å². The van der Waals surface area contributed by atoms with Crippen LogP contribution in [0.4, 0.5) is 11.4 Å². The number of rotatable bonds is 7. The molecule has 0 spiro atoms. The molecule has 0 radical (unpaired) electrons. The highest BCUT2D eigenvalue weighted by atomic mass is 16.2. The molecule has 0 N–H and O–H groups in total. The summed E-state index contributed by atoms with van der Waals surface area (Å²) >= 11 is 0. The van der Waals surface area contributed by atoms with Gasteiger partial charge in [-0.1, -0.05) is 83.1 Å². The van der Waals surface area contributed by atoms with E-state index in [-0.39, 0.29) is 34.5 Å². The van der Waals surface area contributed by atoms with Crippen LogP contribution in [0, 0.1) is 13.8 Å². The quantitative estimate of drug-likeness (QED) is 0.315. The Morgan fingerprint density at radius 2 is 1.05 bits per heavy atom. The molecular formula is C36H36N2O4. The van der Waals surface area contributed by atoms with E-state index in [4.69, 9.17) is 0 Å². The first-order valence-corrected chi connectivity index (χ1v) is 14.3. The Balaban J connectivity index is 1.50. The molecule has 3 aromatic carbocycles. The Morgan fingerprint density at radius 3 is 1.57 bits per heavy atom. The molecule has 0 bridgehead atoms. The van der Waals surface area contributed by atoms with Crippen molar-refractivity contribution in [3.8, 4) is 0 Å². The Labute approximate surface area is 247 Å². The highest BCUT2D eigenvalue weighted by Gasteiger charge is 2.33. The monoisotopic (exact) mass is 560 g/mol. The lowest BCUT2D eigenvalue weighted by atomic mass is 9.72. The molecule has 4 amide bonds. The molecular weight excluding hydrogens is 524 g/mol. The molecule has 0 atom stereocenters. The summed E-state index contributed by atoms with van der Waals surface area (Å²) in [6.07, 6.45) is 5.93. The fourth-order valence-electron chi connectivity index (χ4n) is 5.99. The Morgan fingerprint density at radius 1 is 0.571 bits per heavy atom. The Hall–Kier alpha value is -4.58. The summed E-state index contributed by atoms with van der Waals surface area (Å²) in [5.74, 6) is -1.26. The van der Waals surface area contributed by atoms with Crippen LogP contribution in [0.15, 0.2) is 78.9 Å². The van der Waals surface area contributed by atoms with E-state index in [0.29, 0.717) is 17.8 Å². The lowest BCUT2D eigenvalue weighted by Crippen LogP contribution is -2.31. The van der Waals surface area contributed by atoms with Gasteiger partial charge in [-0.15, -0.1) is 0 Å². The summed E-state index contributed by atoms with van der Waals surface area (Å²) in [5, 5.41) is 0. The van der Waals surface area contributed by atoms with Crippen molar-refractivity contribution in [1.82, 2.24) is 0 Å². The third-order valence-electron chi connectivity index (χ3n) is 8.79. The van der Waals surface area contributed by atoms with E-state index in [1.807, 2.05) is 32.9 Å². The van der Waals surface area contributed by atoms with E-state index in [2.05, 4.69) is 70.2 Å². The zero-order chi connectivity index (χ0) is 30.6. The van der Waals surface area contributed by atoms with Gasteiger partial charge in [0, 0.05) is 35.1 Å². The van der Waals surface area contributed by atoms with E-state index in [1.165, 1.54) is 34.1 Å². The summed E-state index contributed by atoms with van der Waals surface area (Å²) in [6.45, 7) is 14.6. The zero-order valence-electron chi connectivity index (χ0n) is 25.2. The summed E-state index contributed by atoms with van der Waals surface area (Å²) in [5.41, 5.74) is 7.73. The molecule has 0 saturated heterocycles. The minimum absolute atomic E-state index is 0.307. The Bertz CT molecular complexity index is 1690. The highest BCUT2D eigenvalue weighted by molar-refractivity contribution is 6.29. The third kappa shape index (κ3) is 4.71. The topological polar surface area (TPSA) is 74.8 Å². The molecule has 2 aliphatic rings. The molecule has 2 heterocycles. The number of imide groups is 2. The lowest BCUT2D eigenvalue weighted by Gasteiger charge is -2.32. The van der Waals surface area contributed by atoms with Crippen LogP contribution in [0.1, 0.15) is 73.6 Å². The fourth-order valence-corrected chi connectivity index (χ4v) is 5.99. The summed E-state index contributed by atoms with van der Waals surface area (Å²) in [7, 11) is 0. The molecule has 42 heavy (non-hydrogen) atoms. The average molecular weight is 561 g/mol. The summed E-state index contributed by atoms with van der Waals surface area (Å²) in [4.78, 5) is 51.9. The van der Waals surface area contributed by atoms with Crippen LogP contribution >= 0.6 is 0 Å². The predicted molar refractivity (Wildman–Crippen MR) is 166 cm³/mol. The Kier molecular flexibility index (Phi) is 7.13. The van der Waals surface area contributed by atoms with E-state index in [1.54, 1.807) is 0 Å². The van der Waals surface area contributed by atoms with Crippen LogP contribution in [0.5, 0.6) is 0 Å². The van der Waals surface area contributed by atoms with Gasteiger partial charge in [-0.2, -0.15) is 0 Å². The molecule has 2 aliphatic heterocycles. The van der Waals surface area contributed by atoms with Gasteiger partial charge in [0.25, 0.3) is 23.6 Å². The number of hydrogen-bond acceptors (Lipinski definition) is 4. The molecule has 0 aliphatic carbocycles. The number of benzene rings is 3. The van der Waals surface area contributed by atoms with Gasteiger partial charge in [-0.05, 0) is 65.3 Å². The van der Waals surface area contributed by atoms with Crippen molar-refractivity contribution in [3.63, 3.8) is 0 Å². The minimum Gasteiger partial charge on any atom is -0.269 e. The van der Waals surface area contributed by atoms with Gasteiger partial charge < -0.3 is 0 Å². The zero-order valence-corrected chi connectivity index (χ0v) is 25.2. The standard InChI is InChI=1S/C36H36N2O4/c1-8-24-20-28(19-23(3)34(24)38-32(41)16-17-33(38)42)36(6,7)26-11-9-10-25(21-26)35(4,5)27-12-13-29(22(2)18-27)37-30(39)14-15-31(37)40/h9-21H,8H2,1-7H3. The van der Waals surface area contributed by atoms with Crippen molar-refractivity contribution in [2.75, 3.05) is 9.80 Å². The first-order valence-electron chi connectivity index (χ1n) is 14.3. The number of nitrogens with zero attached hydrogens (tertiary/aromatic N) is 2. The second kappa shape index (κ2) is 10.4. The lowest BCUT2D eigenvalue weighted by molar-refractivity contribution is -0.121. The molecule has 6 heteroatoms. The average Bonchev–Trinajstić information content (AvgIpc) is 3.47. The maximum atomic E-state index is 12.5. The number of aryl methyl sites for hydroxylation is 3. The van der Waals surface area contributed by atoms with Crippen molar-refractivity contribution in [1.29, 1.82) is 0 Å². The second-order valence-electron chi connectivity index (χ2n) is 12.2. The first kappa shape index (κ1) is 28.9. The molecule has 5 rings (SSSR count). The van der Waals surface area contributed by atoms with Crippen molar-refractivity contribution in [2.24, 2.45) is 0 Å². The number of carbonyl (C=O) groups is 4. The second-order valence-corrected chi connectivity index (χ2v) is 12.2. The minimum atomic E-state index is -0.361. The smallest absolute Gasteiger partial charge is 0.258 e. The number of carbonyl (C=O) groups excluding carboxylic acids is 4. The molecule has 0 saturated carbocycles. The van der Waals surface area contributed by atoms with Gasteiger partial charge in [0.1, 0.15) is 0 Å².